The van der Waals surface area contributed by atoms with Crippen LogP contribution in [0, 0.1) is 0 Å². The summed E-state index contributed by atoms with van der Waals surface area (Å²) in [6, 6.07) is 0. The Labute approximate surface area is 74.4 Å². The van der Waals surface area contributed by atoms with Crippen molar-refractivity contribution in [2.75, 3.05) is 19.7 Å². The molecule has 0 aromatic carbocycles. The molecule has 0 bridgehead atoms. The van der Waals surface area contributed by atoms with Gasteiger partial charge in [-0.1, -0.05) is 5.16 Å². The molecule has 0 unspecified atom stereocenters. The molecule has 2 N–H and O–H groups in total. The van der Waals surface area contributed by atoms with Crippen LogP contribution in [-0.2, 0) is 9.63 Å². The number of hydrogen-bond donors (Lipinski definition) is 1. The lowest BCUT2D eigenvalue weighted by Crippen LogP contribution is -2.34. The maximum absolute atomic E-state index is 10.3. The van der Waals surface area contributed by atoms with Crippen LogP contribution < -0.4 is 5.84 Å². The van der Waals surface area contributed by atoms with E-state index in [0.29, 0.717) is 12.5 Å². The van der Waals surface area contributed by atoms with Crippen LogP contribution in [0.15, 0.2) is 5.16 Å². The predicted octanol–water partition coefficient (Wildman–Crippen LogP) is -0.889. The van der Waals surface area contributed by atoms with Gasteiger partial charge in [0.2, 0.25) is 5.84 Å². The van der Waals surface area contributed by atoms with Crippen molar-refractivity contribution in [3.63, 3.8) is 0 Å². The van der Waals surface area contributed by atoms with Crippen molar-refractivity contribution < 1.29 is 9.63 Å². The van der Waals surface area contributed by atoms with Crippen LogP contribution in [0.2, 0.25) is 0 Å². The molecule has 6 nitrogen and oxygen atoms in total. The maximum atomic E-state index is 10.3. The van der Waals surface area contributed by atoms with Crippen molar-refractivity contribution in [2.45, 2.75) is 0 Å². The van der Waals surface area contributed by atoms with Crippen molar-refractivity contribution in [2.24, 2.45) is 11.0 Å². The summed E-state index contributed by atoms with van der Waals surface area (Å²) in [6.45, 7) is 0.447. The van der Waals surface area contributed by atoms with Gasteiger partial charge in [0.1, 0.15) is 7.11 Å². The molecule has 7 heteroatoms. The number of rotatable bonds is 2. The topological polar surface area (TPSA) is 71.2 Å². The number of hydrogen-bond acceptors (Lipinski definition) is 6. The minimum atomic E-state index is 0.137. The van der Waals surface area contributed by atoms with Crippen LogP contribution in [0.3, 0.4) is 0 Å². The fourth-order valence-corrected chi connectivity index (χ4v) is 1.46. The highest BCUT2D eigenvalue weighted by Crippen LogP contribution is 2.16. The van der Waals surface area contributed by atoms with Gasteiger partial charge in [0.15, 0.2) is 0 Å². The summed E-state index contributed by atoms with van der Waals surface area (Å²) in [5, 5.41) is 3.48. The molecular formula is C5H9N4O2S. The van der Waals surface area contributed by atoms with Gasteiger partial charge < -0.3 is 9.74 Å². The van der Waals surface area contributed by atoms with Crippen LogP contribution in [0.25, 0.3) is 0 Å². The van der Waals surface area contributed by atoms with E-state index in [1.54, 1.807) is 11.2 Å². The first-order valence-corrected chi connectivity index (χ1v) is 4.11. The number of oxime groups is 1. The van der Waals surface area contributed by atoms with E-state index in [4.69, 9.17) is 5.84 Å². The zero-order valence-corrected chi connectivity index (χ0v) is 7.37. The normalized spacial score (nSPS) is 19.8. The van der Waals surface area contributed by atoms with Gasteiger partial charge in [-0.25, -0.2) is 0 Å². The molecule has 0 aromatic heterocycles. The minimum absolute atomic E-state index is 0.137. The van der Waals surface area contributed by atoms with E-state index < -0.39 is 0 Å². The van der Waals surface area contributed by atoms with Crippen molar-refractivity contribution >= 4 is 24.1 Å². The summed E-state index contributed by atoms with van der Waals surface area (Å²) in [5.74, 6) is 6.17. The second-order valence-corrected chi connectivity index (χ2v) is 3.04. The van der Waals surface area contributed by atoms with Gasteiger partial charge in [-0.2, -0.15) is 4.41 Å². The Morgan fingerprint density at radius 2 is 2.58 bits per heavy atom. The average molecular weight is 189 g/mol. The van der Waals surface area contributed by atoms with E-state index in [0.717, 1.165) is 0 Å². The predicted molar refractivity (Wildman–Crippen MR) is 45.3 cm³/mol. The summed E-state index contributed by atoms with van der Waals surface area (Å²) in [5.41, 5.74) is 0. The summed E-state index contributed by atoms with van der Waals surface area (Å²) in [4.78, 5) is 16.5. The molecule has 1 rings (SSSR count). The number of nitrogens with two attached hydrogens (primary N) is 1. The van der Waals surface area contributed by atoms with Gasteiger partial charge in [-0.3, -0.25) is 10.6 Å². The van der Waals surface area contributed by atoms with Gasteiger partial charge in [0.05, 0.1) is 12.5 Å². The third-order valence-electron chi connectivity index (χ3n) is 1.26. The lowest BCUT2D eigenvalue weighted by Gasteiger charge is -2.12. The molecule has 1 fully saturated rings. The monoisotopic (exact) mass is 189 g/mol. The molecule has 1 aliphatic rings. The summed E-state index contributed by atoms with van der Waals surface area (Å²) in [7, 11) is 1.38. The van der Waals surface area contributed by atoms with Crippen molar-refractivity contribution in [1.82, 2.24) is 9.31 Å². The van der Waals surface area contributed by atoms with Crippen molar-refractivity contribution in [1.29, 1.82) is 0 Å². The van der Waals surface area contributed by atoms with E-state index in [1.807, 2.05) is 0 Å². The molecule has 1 heterocycles. The van der Waals surface area contributed by atoms with Crippen LogP contribution in [0.5, 0.6) is 0 Å². The van der Waals surface area contributed by atoms with Gasteiger partial charge in [-0.05, 0) is 11.9 Å². The molecule has 0 amide bonds. The molecule has 1 radical (unpaired) electrons. The smallest absolute Gasteiger partial charge is 0.275 e. The fourth-order valence-electron chi connectivity index (χ4n) is 0.749. The number of nitrogens with zero attached hydrogens (tertiary/aromatic N) is 3. The van der Waals surface area contributed by atoms with E-state index in [2.05, 4.69) is 9.99 Å². The lowest BCUT2D eigenvalue weighted by atomic mass is 10.6. The van der Waals surface area contributed by atoms with Crippen LogP contribution >= 0.6 is 11.9 Å². The van der Waals surface area contributed by atoms with Crippen molar-refractivity contribution in [3.05, 3.63) is 0 Å². The SMILES string of the molecule is CO/N=C(\[C]=O)N1CSN(N)C1. The molecular weight excluding hydrogens is 180 g/mol. The Morgan fingerprint density at radius 3 is 3.00 bits per heavy atom. The highest BCUT2D eigenvalue weighted by Gasteiger charge is 2.21. The molecule has 0 atom stereocenters. The minimum Gasteiger partial charge on any atom is -0.397 e. The van der Waals surface area contributed by atoms with E-state index in [9.17, 15) is 4.79 Å². The molecule has 1 aliphatic heterocycles. The number of amidine groups is 1. The van der Waals surface area contributed by atoms with Gasteiger partial charge in [-0.15, -0.1) is 0 Å². The third-order valence-corrected chi connectivity index (χ3v) is 2.13. The highest BCUT2D eigenvalue weighted by atomic mass is 32.2. The maximum Gasteiger partial charge on any atom is 0.275 e. The Balaban J connectivity index is 2.55. The van der Waals surface area contributed by atoms with E-state index in [-0.39, 0.29) is 5.84 Å². The Morgan fingerprint density at radius 1 is 1.83 bits per heavy atom. The molecule has 1 saturated heterocycles. The number of carbonyl (C=O) groups excluding carboxylic acids is 1. The van der Waals surface area contributed by atoms with E-state index >= 15 is 0 Å². The average Bonchev–Trinajstić information content (AvgIpc) is 2.47. The second-order valence-electron chi connectivity index (χ2n) is 2.06. The lowest BCUT2D eigenvalue weighted by molar-refractivity contribution is 0.206. The molecule has 0 spiro atoms. The zero-order valence-electron chi connectivity index (χ0n) is 6.56. The third kappa shape index (κ3) is 2.10. The molecule has 0 aromatic rings. The fraction of sp³-hybridized carbons (Fsp3) is 0.600. The summed E-state index contributed by atoms with van der Waals surface area (Å²) < 4.78 is 1.50. The highest BCUT2D eigenvalue weighted by molar-refractivity contribution is 7.97. The van der Waals surface area contributed by atoms with Crippen LogP contribution in [0.4, 0.5) is 0 Å². The van der Waals surface area contributed by atoms with Gasteiger partial charge >= 0.3 is 0 Å². The summed E-state index contributed by atoms with van der Waals surface area (Å²) >= 11 is 1.40. The van der Waals surface area contributed by atoms with E-state index in [1.165, 1.54) is 23.5 Å². The van der Waals surface area contributed by atoms with Crippen LogP contribution in [0.1, 0.15) is 0 Å². The second kappa shape index (κ2) is 4.29. The van der Waals surface area contributed by atoms with Gasteiger partial charge in [0.25, 0.3) is 6.29 Å². The quantitative estimate of drug-likeness (QED) is 0.200. The summed E-state index contributed by atoms with van der Waals surface area (Å²) in [6.07, 6.45) is 1.67. The first-order valence-electron chi connectivity index (χ1n) is 3.17. The molecule has 12 heavy (non-hydrogen) atoms. The largest absolute Gasteiger partial charge is 0.397 e. The standard InChI is InChI=1S/C5H9N4O2S/c1-11-7-5(2-10)8-3-9(6)12-4-8/h3-4,6H2,1H3/b7-5+. The van der Waals surface area contributed by atoms with Gasteiger partial charge in [0, 0.05) is 0 Å². The first-order chi connectivity index (χ1) is 5.77. The Hall–Kier alpha value is -0.790. The molecule has 0 saturated carbocycles. The Bertz CT molecular complexity index is 198. The number of hydrazine groups is 1. The molecule has 0 aliphatic carbocycles. The van der Waals surface area contributed by atoms with Crippen LogP contribution in [-0.4, -0.2) is 41.1 Å². The first kappa shape index (κ1) is 9.30. The van der Waals surface area contributed by atoms with Crippen molar-refractivity contribution in [3.8, 4) is 0 Å². The Kier molecular flexibility index (Phi) is 3.32. The molecule has 67 valence electrons. The zero-order chi connectivity index (χ0) is 8.97.